The van der Waals surface area contributed by atoms with Crippen molar-refractivity contribution in [2.24, 2.45) is 0 Å². The van der Waals surface area contributed by atoms with E-state index in [2.05, 4.69) is 4.98 Å². The second-order valence-electron chi connectivity index (χ2n) is 7.49. The molecule has 0 fully saturated rings. The monoisotopic (exact) mass is 361 g/mol. The molecule has 1 aromatic heterocycles. The summed E-state index contributed by atoms with van der Waals surface area (Å²) in [6.07, 6.45) is 4.81. The first kappa shape index (κ1) is 19.6. The van der Waals surface area contributed by atoms with Gasteiger partial charge >= 0.3 is 0 Å². The number of ketones is 1. The summed E-state index contributed by atoms with van der Waals surface area (Å²) in [6.45, 7) is 5.18. The van der Waals surface area contributed by atoms with Crippen LogP contribution in [0.25, 0.3) is 10.9 Å². The van der Waals surface area contributed by atoms with Crippen molar-refractivity contribution in [1.82, 2.24) is 4.98 Å². The van der Waals surface area contributed by atoms with Crippen molar-refractivity contribution >= 4 is 26.5 Å². The third-order valence-electron chi connectivity index (χ3n) is 4.37. The summed E-state index contributed by atoms with van der Waals surface area (Å²) in [7, 11) is -3.06. The average molecular weight is 362 g/mol. The molecular formula is C20H27NO3S. The summed E-state index contributed by atoms with van der Waals surface area (Å²) in [4.78, 5) is 16.4. The number of aromatic nitrogens is 1. The molecule has 5 heteroatoms. The van der Waals surface area contributed by atoms with Gasteiger partial charge in [-0.3, -0.25) is 9.78 Å². The van der Waals surface area contributed by atoms with Crippen molar-refractivity contribution in [2.75, 3.05) is 5.75 Å². The maximum atomic E-state index is 12.1. The average Bonchev–Trinajstić information content (AvgIpc) is 2.53. The minimum absolute atomic E-state index is 0.196. The standard InChI is InChI=1S/C20H27NO3S/c1-20(2,3)25(23,24)13-6-4-5-9-18(22)15-16-10-11-19-17(14-16)8-7-12-21-19/h7-8,10-12,14H,4-6,9,13,15H2,1-3H3. The lowest BCUT2D eigenvalue weighted by molar-refractivity contribution is -0.118. The Kier molecular flexibility index (Phi) is 6.33. The van der Waals surface area contributed by atoms with Crippen LogP contribution < -0.4 is 0 Å². The molecule has 2 aromatic rings. The number of nitrogens with zero attached hydrogens (tertiary/aromatic N) is 1. The number of hydrogen-bond acceptors (Lipinski definition) is 4. The van der Waals surface area contributed by atoms with Gasteiger partial charge < -0.3 is 0 Å². The number of Topliss-reactive ketones (excluding diaryl/α,β-unsaturated/α-hetero) is 1. The number of pyridine rings is 1. The van der Waals surface area contributed by atoms with Gasteiger partial charge in [-0.1, -0.05) is 18.6 Å². The number of rotatable bonds is 8. The van der Waals surface area contributed by atoms with Crippen LogP contribution in [-0.2, 0) is 21.1 Å². The quantitative estimate of drug-likeness (QED) is 0.664. The van der Waals surface area contributed by atoms with Crippen molar-refractivity contribution in [1.29, 1.82) is 0 Å². The molecule has 136 valence electrons. The Labute approximate surface area is 150 Å². The topological polar surface area (TPSA) is 64.1 Å². The van der Waals surface area contributed by atoms with E-state index >= 15 is 0 Å². The van der Waals surface area contributed by atoms with Gasteiger partial charge in [0.1, 0.15) is 5.78 Å². The van der Waals surface area contributed by atoms with Crippen LogP contribution in [0.2, 0.25) is 0 Å². The molecule has 0 radical (unpaired) electrons. The van der Waals surface area contributed by atoms with Crippen LogP contribution in [0.3, 0.4) is 0 Å². The molecular weight excluding hydrogens is 334 g/mol. The zero-order chi connectivity index (χ0) is 18.5. The molecule has 0 saturated heterocycles. The first-order valence-corrected chi connectivity index (χ1v) is 10.4. The molecule has 0 aliphatic rings. The molecule has 0 unspecified atom stereocenters. The zero-order valence-electron chi connectivity index (χ0n) is 15.3. The summed E-state index contributed by atoms with van der Waals surface area (Å²) in [6, 6.07) is 9.78. The van der Waals surface area contributed by atoms with Crippen LogP contribution in [0, 0.1) is 0 Å². The van der Waals surface area contributed by atoms with Crippen LogP contribution >= 0.6 is 0 Å². The van der Waals surface area contributed by atoms with Crippen molar-refractivity contribution in [3.8, 4) is 0 Å². The van der Waals surface area contributed by atoms with Gasteiger partial charge in [0.2, 0.25) is 0 Å². The van der Waals surface area contributed by atoms with E-state index in [9.17, 15) is 13.2 Å². The number of carbonyl (C=O) groups excluding carboxylic acids is 1. The molecule has 2 rings (SSSR count). The van der Waals surface area contributed by atoms with E-state index in [1.165, 1.54) is 0 Å². The van der Waals surface area contributed by atoms with E-state index in [0.29, 0.717) is 19.3 Å². The second-order valence-corrected chi connectivity index (χ2v) is 10.4. The van der Waals surface area contributed by atoms with Gasteiger partial charge in [-0.05, 0) is 57.4 Å². The summed E-state index contributed by atoms with van der Waals surface area (Å²) < 4.78 is 23.4. The van der Waals surface area contributed by atoms with Gasteiger partial charge in [0, 0.05) is 24.4 Å². The fraction of sp³-hybridized carbons (Fsp3) is 0.500. The normalized spacial score (nSPS) is 12.4. The van der Waals surface area contributed by atoms with Crippen molar-refractivity contribution in [3.05, 3.63) is 42.1 Å². The SMILES string of the molecule is CC(C)(C)S(=O)(=O)CCCCCC(=O)Cc1ccc2ncccc2c1. The number of sulfone groups is 1. The molecule has 0 bridgehead atoms. The Hall–Kier alpha value is -1.75. The molecule has 0 aliphatic carbocycles. The third kappa shape index (κ3) is 5.63. The first-order chi connectivity index (χ1) is 11.7. The molecule has 0 N–H and O–H groups in total. The van der Waals surface area contributed by atoms with Crippen molar-refractivity contribution in [2.45, 2.75) is 57.6 Å². The lowest BCUT2D eigenvalue weighted by Crippen LogP contribution is -2.30. The lowest BCUT2D eigenvalue weighted by atomic mass is 10.0. The van der Waals surface area contributed by atoms with E-state index in [0.717, 1.165) is 29.3 Å². The Morgan fingerprint density at radius 2 is 1.84 bits per heavy atom. The van der Waals surface area contributed by atoms with E-state index in [4.69, 9.17) is 0 Å². The molecule has 0 amide bonds. The highest BCUT2D eigenvalue weighted by Gasteiger charge is 2.27. The van der Waals surface area contributed by atoms with Gasteiger partial charge in [-0.15, -0.1) is 0 Å². The number of fused-ring (bicyclic) bond motifs is 1. The van der Waals surface area contributed by atoms with Crippen molar-refractivity contribution in [3.63, 3.8) is 0 Å². The summed E-state index contributed by atoms with van der Waals surface area (Å²) in [5.41, 5.74) is 1.93. The molecule has 1 heterocycles. The fourth-order valence-electron chi connectivity index (χ4n) is 2.65. The van der Waals surface area contributed by atoms with E-state index in [1.807, 2.05) is 30.3 Å². The molecule has 25 heavy (non-hydrogen) atoms. The Bertz CT molecular complexity index is 835. The van der Waals surface area contributed by atoms with Gasteiger partial charge in [-0.2, -0.15) is 0 Å². The molecule has 0 atom stereocenters. The van der Waals surface area contributed by atoms with Gasteiger partial charge in [-0.25, -0.2) is 8.42 Å². The van der Waals surface area contributed by atoms with Gasteiger partial charge in [0.25, 0.3) is 0 Å². The predicted molar refractivity (Wildman–Crippen MR) is 102 cm³/mol. The van der Waals surface area contributed by atoms with E-state index < -0.39 is 14.6 Å². The predicted octanol–water partition coefficient (Wildman–Crippen LogP) is 4.12. The smallest absolute Gasteiger partial charge is 0.155 e. The minimum atomic E-state index is -3.06. The zero-order valence-corrected chi connectivity index (χ0v) is 16.1. The van der Waals surface area contributed by atoms with Gasteiger partial charge in [0.05, 0.1) is 16.0 Å². The number of benzene rings is 1. The number of hydrogen-bond donors (Lipinski definition) is 0. The summed E-state index contributed by atoms with van der Waals surface area (Å²) >= 11 is 0. The second kappa shape index (κ2) is 8.09. The Morgan fingerprint density at radius 1 is 1.08 bits per heavy atom. The molecule has 1 aromatic carbocycles. The highest BCUT2D eigenvalue weighted by molar-refractivity contribution is 7.92. The van der Waals surface area contributed by atoms with Gasteiger partial charge in [0.15, 0.2) is 9.84 Å². The number of unbranched alkanes of at least 4 members (excludes halogenated alkanes) is 2. The maximum absolute atomic E-state index is 12.1. The van der Waals surface area contributed by atoms with Crippen LogP contribution in [-0.4, -0.2) is 29.7 Å². The van der Waals surface area contributed by atoms with Crippen molar-refractivity contribution < 1.29 is 13.2 Å². The third-order valence-corrected chi connectivity index (χ3v) is 7.06. The lowest BCUT2D eigenvalue weighted by Gasteiger charge is -2.18. The molecule has 0 saturated carbocycles. The number of carbonyl (C=O) groups is 1. The van der Waals surface area contributed by atoms with Crippen LogP contribution in [0.4, 0.5) is 0 Å². The summed E-state index contributed by atoms with van der Waals surface area (Å²) in [5.74, 6) is 0.393. The fourth-order valence-corrected chi connectivity index (χ4v) is 3.84. The largest absolute Gasteiger partial charge is 0.299 e. The molecule has 0 spiro atoms. The highest BCUT2D eigenvalue weighted by Crippen LogP contribution is 2.18. The van der Waals surface area contributed by atoms with Crippen LogP contribution in [0.15, 0.2) is 36.5 Å². The maximum Gasteiger partial charge on any atom is 0.155 e. The first-order valence-electron chi connectivity index (χ1n) is 8.77. The minimum Gasteiger partial charge on any atom is -0.299 e. The summed E-state index contributed by atoms with van der Waals surface area (Å²) in [5, 5.41) is 1.04. The highest BCUT2D eigenvalue weighted by atomic mass is 32.2. The Balaban J connectivity index is 1.75. The van der Waals surface area contributed by atoms with Crippen LogP contribution in [0.5, 0.6) is 0 Å². The Morgan fingerprint density at radius 3 is 2.56 bits per heavy atom. The van der Waals surface area contributed by atoms with E-state index in [-0.39, 0.29) is 11.5 Å². The molecule has 4 nitrogen and oxygen atoms in total. The van der Waals surface area contributed by atoms with E-state index in [1.54, 1.807) is 27.0 Å². The van der Waals surface area contributed by atoms with Crippen LogP contribution in [0.1, 0.15) is 52.0 Å². The molecule has 0 aliphatic heterocycles.